The average molecular weight is 700 g/mol. The molecule has 256 valence electrons. The van der Waals surface area contributed by atoms with Crippen molar-refractivity contribution in [2.24, 2.45) is 0 Å². The van der Waals surface area contributed by atoms with E-state index < -0.39 is 5.41 Å². The molecule has 1 heterocycles. The summed E-state index contributed by atoms with van der Waals surface area (Å²) in [7, 11) is 0. The van der Waals surface area contributed by atoms with Crippen LogP contribution in [0.5, 0.6) is 0 Å². The van der Waals surface area contributed by atoms with E-state index in [0.29, 0.717) is 11.5 Å². The predicted octanol–water partition coefficient (Wildman–Crippen LogP) is 13.2. The van der Waals surface area contributed by atoms with Gasteiger partial charge in [-0.2, -0.15) is 0 Å². The lowest BCUT2D eigenvalue weighted by atomic mass is 9.67. The van der Waals surface area contributed by atoms with Crippen LogP contribution >= 0.6 is 0 Å². The normalized spacial score (nSPS) is 12.5. The van der Waals surface area contributed by atoms with Crippen LogP contribution in [0.2, 0.25) is 0 Å². The molecule has 1 aliphatic rings. The molecule has 0 unspecified atom stereocenters. The average Bonchev–Trinajstić information content (AvgIpc) is 3.57. The Balaban J connectivity index is 1.13. The number of hydrogen-bond acceptors (Lipinski definition) is 2. The Labute approximate surface area is 320 Å². The molecule has 0 bridgehead atoms. The van der Waals surface area contributed by atoms with Gasteiger partial charge in [-0.15, -0.1) is 0 Å². The van der Waals surface area contributed by atoms with Gasteiger partial charge in [0.05, 0.1) is 23.4 Å². The molecule has 8 aromatic carbocycles. The van der Waals surface area contributed by atoms with Crippen molar-refractivity contribution in [1.29, 1.82) is 0 Å². The molecule has 55 heavy (non-hydrogen) atoms. The largest absolute Gasteiger partial charge is 0.238 e. The van der Waals surface area contributed by atoms with Crippen LogP contribution in [0, 0.1) is 6.57 Å². The molecule has 0 saturated carbocycles. The second-order valence-corrected chi connectivity index (χ2v) is 14.0. The SMILES string of the molecule is [C-]#[N+]c1ccc2c(c1)-c1c(-c3ccc(-c4cc(-c5ccccc5)nc(-c5ccc6ccccc6c5)n4)cc3)cccc1C2(c1ccccc1)c1ccccc1. The van der Waals surface area contributed by atoms with Gasteiger partial charge in [0.1, 0.15) is 0 Å². The van der Waals surface area contributed by atoms with Crippen LogP contribution in [-0.4, -0.2) is 9.97 Å². The van der Waals surface area contributed by atoms with Gasteiger partial charge in [0, 0.05) is 16.7 Å². The molecular weight excluding hydrogens is 667 g/mol. The van der Waals surface area contributed by atoms with Crippen LogP contribution in [0.1, 0.15) is 22.3 Å². The van der Waals surface area contributed by atoms with Crippen molar-refractivity contribution < 1.29 is 0 Å². The molecule has 3 nitrogen and oxygen atoms in total. The van der Waals surface area contributed by atoms with E-state index in [0.717, 1.165) is 55.7 Å². The van der Waals surface area contributed by atoms with E-state index in [2.05, 4.69) is 181 Å². The first-order valence-corrected chi connectivity index (χ1v) is 18.5. The molecule has 0 spiro atoms. The third kappa shape index (κ3) is 5.35. The fourth-order valence-corrected chi connectivity index (χ4v) is 8.47. The lowest BCUT2D eigenvalue weighted by Crippen LogP contribution is -2.28. The summed E-state index contributed by atoms with van der Waals surface area (Å²) in [6.45, 7) is 7.93. The first kappa shape index (κ1) is 32.3. The minimum atomic E-state index is -0.544. The second kappa shape index (κ2) is 13.2. The van der Waals surface area contributed by atoms with Gasteiger partial charge in [-0.25, -0.2) is 14.8 Å². The van der Waals surface area contributed by atoms with Crippen LogP contribution in [0.15, 0.2) is 200 Å². The Morgan fingerprint density at radius 1 is 0.400 bits per heavy atom. The first-order chi connectivity index (χ1) is 27.2. The number of rotatable bonds is 6. The fraction of sp³-hybridized carbons (Fsp3) is 0.0192. The van der Waals surface area contributed by atoms with E-state index in [1.165, 1.54) is 27.6 Å². The minimum Gasteiger partial charge on any atom is -0.238 e. The maximum Gasteiger partial charge on any atom is 0.187 e. The Morgan fingerprint density at radius 3 is 1.65 bits per heavy atom. The van der Waals surface area contributed by atoms with Gasteiger partial charge >= 0.3 is 0 Å². The van der Waals surface area contributed by atoms with Crippen LogP contribution in [0.3, 0.4) is 0 Å². The smallest absolute Gasteiger partial charge is 0.187 e. The van der Waals surface area contributed by atoms with Gasteiger partial charge < -0.3 is 0 Å². The number of nitrogens with zero attached hydrogens (tertiary/aromatic N) is 3. The van der Waals surface area contributed by atoms with E-state index in [9.17, 15) is 0 Å². The highest BCUT2D eigenvalue weighted by Crippen LogP contribution is 2.58. The molecule has 0 N–H and O–H groups in total. The summed E-state index contributed by atoms with van der Waals surface area (Å²) in [6, 6.07) is 70.4. The fourth-order valence-electron chi connectivity index (χ4n) is 8.47. The highest BCUT2D eigenvalue weighted by molar-refractivity contribution is 5.97. The van der Waals surface area contributed by atoms with Crippen molar-refractivity contribution in [2.45, 2.75) is 5.41 Å². The van der Waals surface area contributed by atoms with Crippen molar-refractivity contribution in [3.63, 3.8) is 0 Å². The molecule has 9 aromatic rings. The van der Waals surface area contributed by atoms with E-state index in [1.54, 1.807) is 0 Å². The Kier molecular flexibility index (Phi) is 7.75. The molecule has 1 aromatic heterocycles. The Hall–Kier alpha value is -7.41. The van der Waals surface area contributed by atoms with E-state index in [4.69, 9.17) is 16.5 Å². The molecule has 0 atom stereocenters. The molecular formula is C52H33N3. The maximum atomic E-state index is 7.93. The molecule has 10 rings (SSSR count). The lowest BCUT2D eigenvalue weighted by Gasteiger charge is -2.34. The molecule has 1 aliphatic carbocycles. The first-order valence-electron chi connectivity index (χ1n) is 18.5. The Morgan fingerprint density at radius 2 is 0.982 bits per heavy atom. The van der Waals surface area contributed by atoms with E-state index >= 15 is 0 Å². The van der Waals surface area contributed by atoms with Gasteiger partial charge in [0.2, 0.25) is 0 Å². The predicted molar refractivity (Wildman–Crippen MR) is 225 cm³/mol. The van der Waals surface area contributed by atoms with Crippen molar-refractivity contribution >= 4 is 16.5 Å². The van der Waals surface area contributed by atoms with Gasteiger partial charge in [-0.1, -0.05) is 182 Å². The van der Waals surface area contributed by atoms with Crippen LogP contribution in [0.4, 0.5) is 5.69 Å². The topological polar surface area (TPSA) is 30.1 Å². The van der Waals surface area contributed by atoms with Crippen LogP contribution in [-0.2, 0) is 5.41 Å². The number of benzene rings is 8. The Bertz CT molecular complexity index is 2870. The number of hydrogen-bond donors (Lipinski definition) is 0. The zero-order valence-electron chi connectivity index (χ0n) is 29.9. The quantitative estimate of drug-likeness (QED) is 0.162. The molecule has 0 radical (unpaired) electrons. The molecule has 0 aliphatic heterocycles. The number of fused-ring (bicyclic) bond motifs is 4. The van der Waals surface area contributed by atoms with Gasteiger partial charge in [-0.3, -0.25) is 0 Å². The van der Waals surface area contributed by atoms with Crippen molar-refractivity contribution in [3.05, 3.63) is 234 Å². The van der Waals surface area contributed by atoms with Crippen LogP contribution in [0.25, 0.3) is 71.8 Å². The third-order valence-corrected chi connectivity index (χ3v) is 11.0. The van der Waals surface area contributed by atoms with E-state index in [-0.39, 0.29) is 0 Å². The standard InChI is InChI=1S/C52H33N3/c1-53-43-30-31-46-45(33-43)50-44(22-13-23-47(50)52(46,41-18-7-3-8-19-41)42-20-9-4-10-21-42)36-25-27-38(28-26-36)49-34-48(37-15-5-2-6-16-37)54-51(55-49)40-29-24-35-14-11-12-17-39(35)32-40/h2-34H. The summed E-state index contributed by atoms with van der Waals surface area (Å²) >= 11 is 0. The highest BCUT2D eigenvalue weighted by atomic mass is 14.9. The van der Waals surface area contributed by atoms with Crippen molar-refractivity contribution in [1.82, 2.24) is 9.97 Å². The molecule has 0 saturated heterocycles. The lowest BCUT2D eigenvalue weighted by molar-refractivity contribution is 0.769. The number of aromatic nitrogens is 2. The summed E-state index contributed by atoms with van der Waals surface area (Å²) in [5.74, 6) is 0.692. The third-order valence-electron chi connectivity index (χ3n) is 11.0. The van der Waals surface area contributed by atoms with E-state index in [1.807, 2.05) is 24.3 Å². The minimum absolute atomic E-state index is 0.544. The molecule has 0 fully saturated rings. The summed E-state index contributed by atoms with van der Waals surface area (Å²) < 4.78 is 0. The molecule has 3 heteroatoms. The zero-order valence-corrected chi connectivity index (χ0v) is 29.9. The van der Waals surface area contributed by atoms with Gasteiger partial charge in [0.25, 0.3) is 0 Å². The monoisotopic (exact) mass is 699 g/mol. The zero-order chi connectivity index (χ0) is 36.8. The van der Waals surface area contributed by atoms with Crippen molar-refractivity contribution in [3.8, 4) is 56.2 Å². The van der Waals surface area contributed by atoms with Gasteiger partial charge in [0.15, 0.2) is 11.5 Å². The highest BCUT2D eigenvalue weighted by Gasteiger charge is 2.46. The maximum absolute atomic E-state index is 7.93. The summed E-state index contributed by atoms with van der Waals surface area (Å²) in [6.07, 6.45) is 0. The molecule has 0 amide bonds. The summed E-state index contributed by atoms with van der Waals surface area (Å²) in [5, 5.41) is 2.34. The van der Waals surface area contributed by atoms with Crippen LogP contribution < -0.4 is 0 Å². The van der Waals surface area contributed by atoms with Gasteiger partial charge in [-0.05, 0) is 73.5 Å². The summed E-state index contributed by atoms with van der Waals surface area (Å²) in [4.78, 5) is 14.1. The second-order valence-electron chi connectivity index (χ2n) is 14.0. The van der Waals surface area contributed by atoms with Crippen molar-refractivity contribution in [2.75, 3.05) is 0 Å². The summed E-state index contributed by atoms with van der Waals surface area (Å²) in [5.41, 5.74) is 14.2.